The highest BCUT2D eigenvalue weighted by Crippen LogP contribution is 2.22. The molecular formula is C19H21N4O+. The van der Waals surface area contributed by atoms with E-state index >= 15 is 0 Å². The summed E-state index contributed by atoms with van der Waals surface area (Å²) in [6, 6.07) is 18.2. The van der Waals surface area contributed by atoms with Crippen LogP contribution in [-0.4, -0.2) is 42.0 Å². The molecule has 2 N–H and O–H groups in total. The fraction of sp³-hybridized carbons (Fsp3) is 0.263. The number of hydrogen-bond donors (Lipinski definition) is 1. The second-order valence-electron chi connectivity index (χ2n) is 5.77. The number of carbonyl (C=O) groups is 1. The summed E-state index contributed by atoms with van der Waals surface area (Å²) in [5.41, 5.74) is 9.38. The number of nitrogens with two attached hydrogens (primary N) is 1. The third-order valence-electron chi connectivity index (χ3n) is 4.14. The van der Waals surface area contributed by atoms with Crippen LogP contribution in [0.1, 0.15) is 17.3 Å². The minimum atomic E-state index is 0.0678. The third-order valence-corrected chi connectivity index (χ3v) is 4.14. The van der Waals surface area contributed by atoms with Crippen molar-refractivity contribution in [2.45, 2.75) is 6.92 Å². The van der Waals surface area contributed by atoms with Gasteiger partial charge in [0, 0.05) is 24.3 Å². The van der Waals surface area contributed by atoms with Gasteiger partial charge in [-0.2, -0.15) is 0 Å². The minimum absolute atomic E-state index is 0.0678. The average molecular weight is 321 g/mol. The molecule has 0 spiro atoms. The first kappa shape index (κ1) is 15.9. The molecule has 0 aromatic heterocycles. The molecule has 0 aliphatic carbocycles. The largest absolute Gasteiger partial charge is 0.399 e. The summed E-state index contributed by atoms with van der Waals surface area (Å²) >= 11 is 0. The number of amides is 1. The standard InChI is InChI=1S/C19H21N4O/c1-2-21-23-12-10-22(11-13-23)19(24)16-8-6-15(7-9-16)17-4-3-5-18(20)14-17/h3-9,14H,10-13,20H2,1H3/q+1. The van der Waals surface area contributed by atoms with Crippen LogP contribution in [0.5, 0.6) is 0 Å². The lowest BCUT2D eigenvalue weighted by atomic mass is 10.0. The molecule has 0 atom stereocenters. The number of carbonyl (C=O) groups excluding carboxylic acids is 1. The second kappa shape index (κ2) is 7.05. The molecule has 1 aliphatic rings. The molecule has 0 bridgehead atoms. The lowest BCUT2D eigenvalue weighted by Gasteiger charge is -2.27. The summed E-state index contributed by atoms with van der Waals surface area (Å²) in [6.07, 6.45) is 0. The van der Waals surface area contributed by atoms with E-state index in [9.17, 15) is 4.79 Å². The molecule has 24 heavy (non-hydrogen) atoms. The van der Waals surface area contributed by atoms with Crippen LogP contribution >= 0.6 is 0 Å². The number of nitrogen functional groups attached to an aromatic ring is 1. The normalized spacial score (nSPS) is 14.0. The topological polar surface area (TPSA) is 53.9 Å². The molecule has 1 aliphatic heterocycles. The zero-order chi connectivity index (χ0) is 16.9. The predicted octanol–water partition coefficient (Wildman–Crippen LogP) is 2.96. The summed E-state index contributed by atoms with van der Waals surface area (Å²) in [4.78, 5) is 18.6. The van der Waals surface area contributed by atoms with Gasteiger partial charge in [0.05, 0.1) is 11.9 Å². The van der Waals surface area contributed by atoms with Gasteiger partial charge in [-0.1, -0.05) is 29.3 Å². The van der Waals surface area contributed by atoms with Crippen molar-refractivity contribution >= 4 is 11.6 Å². The number of nitrogens with zero attached hydrogens (tertiary/aromatic N) is 3. The van der Waals surface area contributed by atoms with E-state index in [1.165, 1.54) is 0 Å². The highest BCUT2D eigenvalue weighted by Gasteiger charge is 2.25. The van der Waals surface area contributed by atoms with Crippen LogP contribution in [0.25, 0.3) is 16.1 Å². The number of piperazine rings is 1. The minimum Gasteiger partial charge on any atom is -0.399 e. The molecule has 122 valence electrons. The maximum absolute atomic E-state index is 12.6. The molecule has 3 rings (SSSR count). The van der Waals surface area contributed by atoms with Gasteiger partial charge in [0.2, 0.25) is 0 Å². The van der Waals surface area contributed by atoms with Gasteiger partial charge >= 0.3 is 6.07 Å². The first-order valence-corrected chi connectivity index (χ1v) is 8.05. The van der Waals surface area contributed by atoms with E-state index in [-0.39, 0.29) is 5.91 Å². The SMILES string of the molecule is CC#[N+]N1CCN(C(=O)c2ccc(-c3cccc(N)c3)cc2)CC1. The smallest absolute Gasteiger partial charge is 0.315 e. The van der Waals surface area contributed by atoms with Crippen molar-refractivity contribution in [2.75, 3.05) is 31.9 Å². The van der Waals surface area contributed by atoms with Gasteiger partial charge in [-0.3, -0.25) is 4.79 Å². The lowest BCUT2D eigenvalue weighted by molar-refractivity contribution is 0.0677. The van der Waals surface area contributed by atoms with Crippen molar-refractivity contribution in [1.82, 2.24) is 9.91 Å². The van der Waals surface area contributed by atoms with Gasteiger partial charge in [-0.05, 0) is 35.4 Å². The summed E-state index contributed by atoms with van der Waals surface area (Å²) in [7, 11) is 0. The maximum atomic E-state index is 12.6. The Morgan fingerprint density at radius 2 is 1.75 bits per heavy atom. The predicted molar refractivity (Wildman–Crippen MR) is 96.7 cm³/mol. The molecule has 5 nitrogen and oxygen atoms in total. The summed E-state index contributed by atoms with van der Waals surface area (Å²) in [5.74, 6) is 0.0678. The van der Waals surface area contributed by atoms with E-state index in [1.807, 2.05) is 58.4 Å². The molecule has 0 saturated carbocycles. The third kappa shape index (κ3) is 3.49. The fourth-order valence-corrected chi connectivity index (χ4v) is 2.85. The number of hydrogen-bond acceptors (Lipinski definition) is 3. The molecule has 1 amide bonds. The molecule has 2 aromatic rings. The van der Waals surface area contributed by atoms with Crippen LogP contribution in [-0.2, 0) is 0 Å². The second-order valence-corrected chi connectivity index (χ2v) is 5.77. The molecule has 1 fully saturated rings. The summed E-state index contributed by atoms with van der Waals surface area (Å²) < 4.78 is 0. The average Bonchev–Trinajstić information content (AvgIpc) is 2.62. The van der Waals surface area contributed by atoms with Crippen molar-refractivity contribution in [2.24, 2.45) is 0 Å². The Balaban J connectivity index is 1.69. The quantitative estimate of drug-likeness (QED) is 0.865. The van der Waals surface area contributed by atoms with Gasteiger partial charge in [0.1, 0.15) is 13.1 Å². The van der Waals surface area contributed by atoms with Crippen molar-refractivity contribution in [3.63, 3.8) is 0 Å². The van der Waals surface area contributed by atoms with Crippen molar-refractivity contribution < 1.29 is 4.79 Å². The highest BCUT2D eigenvalue weighted by molar-refractivity contribution is 5.94. The monoisotopic (exact) mass is 321 g/mol. The Morgan fingerprint density at radius 3 is 2.38 bits per heavy atom. The number of benzene rings is 2. The Labute approximate surface area is 142 Å². The Hall–Kier alpha value is -3.00. The van der Waals surface area contributed by atoms with Crippen molar-refractivity contribution in [3.05, 3.63) is 59.0 Å². The molecule has 0 unspecified atom stereocenters. The van der Waals surface area contributed by atoms with Crippen LogP contribution < -0.4 is 5.73 Å². The van der Waals surface area contributed by atoms with Gasteiger partial charge in [-0.25, -0.2) is 0 Å². The van der Waals surface area contributed by atoms with Gasteiger partial charge in [0.15, 0.2) is 0 Å². The first-order chi connectivity index (χ1) is 11.7. The zero-order valence-corrected chi connectivity index (χ0v) is 13.8. The maximum Gasteiger partial charge on any atom is 0.315 e. The van der Waals surface area contributed by atoms with E-state index in [1.54, 1.807) is 6.92 Å². The zero-order valence-electron chi connectivity index (χ0n) is 13.8. The van der Waals surface area contributed by atoms with Crippen molar-refractivity contribution in [1.29, 1.82) is 0 Å². The van der Waals surface area contributed by atoms with E-state index in [0.29, 0.717) is 18.7 Å². The molecule has 5 heteroatoms. The first-order valence-electron chi connectivity index (χ1n) is 8.05. The molecule has 1 saturated heterocycles. The Bertz CT molecular complexity index is 781. The van der Waals surface area contributed by atoms with Crippen molar-refractivity contribution in [3.8, 4) is 17.2 Å². The number of anilines is 1. The van der Waals surface area contributed by atoms with Crippen LogP contribution in [0.3, 0.4) is 0 Å². The Morgan fingerprint density at radius 1 is 1.04 bits per heavy atom. The van der Waals surface area contributed by atoms with Crippen LogP contribution in [0, 0.1) is 6.07 Å². The van der Waals surface area contributed by atoms with E-state index in [4.69, 9.17) is 5.73 Å². The fourth-order valence-electron chi connectivity index (χ4n) is 2.85. The lowest BCUT2D eigenvalue weighted by Crippen LogP contribution is -2.46. The van der Waals surface area contributed by atoms with E-state index in [2.05, 4.69) is 11.0 Å². The molecule has 1 heterocycles. The number of rotatable bonds is 2. The van der Waals surface area contributed by atoms with Gasteiger partial charge in [-0.15, -0.1) is 0 Å². The van der Waals surface area contributed by atoms with Crippen LogP contribution in [0.2, 0.25) is 0 Å². The summed E-state index contributed by atoms with van der Waals surface area (Å²) in [5, 5.41) is 1.94. The van der Waals surface area contributed by atoms with Gasteiger partial charge in [0.25, 0.3) is 5.91 Å². The van der Waals surface area contributed by atoms with Crippen LogP contribution in [0.15, 0.2) is 48.5 Å². The van der Waals surface area contributed by atoms with Crippen LogP contribution in [0.4, 0.5) is 5.69 Å². The highest BCUT2D eigenvalue weighted by atomic mass is 16.2. The molecule has 0 radical (unpaired) electrons. The van der Waals surface area contributed by atoms with E-state index < -0.39 is 0 Å². The Kier molecular flexibility index (Phi) is 4.66. The van der Waals surface area contributed by atoms with Gasteiger partial charge < -0.3 is 10.6 Å². The van der Waals surface area contributed by atoms with E-state index in [0.717, 1.165) is 29.9 Å². The summed E-state index contributed by atoms with van der Waals surface area (Å²) in [6.45, 7) is 4.63. The molecule has 2 aromatic carbocycles. The molecular weight excluding hydrogens is 300 g/mol.